The number of pyridine rings is 1. The number of likely N-dealkylation sites (N-methyl/N-ethyl adjacent to an activating group) is 1. The number of anilines is 1. The molecule has 0 spiro atoms. The minimum Gasteiger partial charge on any atom is -0.358 e. The van der Waals surface area contributed by atoms with Gasteiger partial charge >= 0.3 is 6.03 Å². The maximum atomic E-state index is 11.2. The number of carbonyl (C=O) groups is 2. The zero-order chi connectivity index (χ0) is 11.1. The maximum absolute atomic E-state index is 11.2. The van der Waals surface area contributed by atoms with E-state index in [2.05, 4.69) is 20.9 Å². The van der Waals surface area contributed by atoms with Gasteiger partial charge in [0.25, 0.3) is 0 Å². The minimum absolute atomic E-state index is 0.0482. The molecule has 0 aliphatic carbocycles. The topological polar surface area (TPSA) is 83.1 Å². The number of nitrogens with one attached hydrogen (secondary N) is 3. The second-order valence-corrected chi connectivity index (χ2v) is 2.72. The number of hydrogen-bond acceptors (Lipinski definition) is 3. The molecule has 1 aromatic rings. The number of hydrogen-bond donors (Lipinski definition) is 3. The van der Waals surface area contributed by atoms with Crippen LogP contribution in [0.3, 0.4) is 0 Å². The van der Waals surface area contributed by atoms with Crippen molar-refractivity contribution in [1.29, 1.82) is 0 Å². The van der Waals surface area contributed by atoms with Crippen molar-refractivity contribution in [3.05, 3.63) is 24.5 Å². The van der Waals surface area contributed by atoms with Gasteiger partial charge in [0.1, 0.15) is 0 Å². The summed E-state index contributed by atoms with van der Waals surface area (Å²) in [5.74, 6) is -0.250. The molecule has 0 saturated carbocycles. The Bertz CT molecular complexity index is 339. The highest BCUT2D eigenvalue weighted by Gasteiger charge is 2.02. The molecule has 6 heteroatoms. The molecule has 0 aliphatic heterocycles. The monoisotopic (exact) mass is 208 g/mol. The number of aromatic nitrogens is 1. The van der Waals surface area contributed by atoms with E-state index in [0.29, 0.717) is 5.69 Å². The zero-order valence-electron chi connectivity index (χ0n) is 8.28. The minimum atomic E-state index is -0.426. The summed E-state index contributed by atoms with van der Waals surface area (Å²) in [5.41, 5.74) is 0.624. The van der Waals surface area contributed by atoms with Crippen LogP contribution >= 0.6 is 0 Å². The quantitative estimate of drug-likeness (QED) is 0.651. The van der Waals surface area contributed by atoms with E-state index in [1.165, 1.54) is 7.05 Å². The van der Waals surface area contributed by atoms with E-state index in [0.717, 1.165) is 0 Å². The lowest BCUT2D eigenvalue weighted by atomic mass is 10.4. The normalized spacial score (nSPS) is 9.13. The molecule has 0 aliphatic rings. The second kappa shape index (κ2) is 5.58. The average Bonchev–Trinajstić information content (AvgIpc) is 2.27. The first-order valence-corrected chi connectivity index (χ1v) is 4.38. The maximum Gasteiger partial charge on any atom is 0.319 e. The predicted octanol–water partition coefficient (Wildman–Crippen LogP) is -0.0509. The number of urea groups is 1. The van der Waals surface area contributed by atoms with Crippen LogP contribution in [0.2, 0.25) is 0 Å². The molecule has 0 saturated heterocycles. The van der Waals surface area contributed by atoms with Gasteiger partial charge in [0.05, 0.1) is 6.54 Å². The zero-order valence-corrected chi connectivity index (χ0v) is 8.28. The molecule has 0 bridgehead atoms. The summed E-state index contributed by atoms with van der Waals surface area (Å²) in [7, 11) is 1.50. The van der Waals surface area contributed by atoms with Gasteiger partial charge in [0.15, 0.2) is 0 Å². The largest absolute Gasteiger partial charge is 0.358 e. The highest BCUT2D eigenvalue weighted by molar-refractivity contribution is 5.92. The van der Waals surface area contributed by atoms with Gasteiger partial charge in [-0.3, -0.25) is 9.78 Å². The van der Waals surface area contributed by atoms with Crippen LogP contribution in [-0.2, 0) is 4.79 Å². The van der Waals surface area contributed by atoms with Crippen molar-refractivity contribution in [3.63, 3.8) is 0 Å². The van der Waals surface area contributed by atoms with Crippen LogP contribution < -0.4 is 16.0 Å². The van der Waals surface area contributed by atoms with Crippen molar-refractivity contribution < 1.29 is 9.59 Å². The predicted molar refractivity (Wildman–Crippen MR) is 55.3 cm³/mol. The van der Waals surface area contributed by atoms with Crippen LogP contribution in [-0.4, -0.2) is 30.5 Å². The first kappa shape index (κ1) is 11.0. The number of amides is 3. The van der Waals surface area contributed by atoms with Crippen LogP contribution in [0, 0.1) is 0 Å². The highest BCUT2D eigenvalue weighted by Crippen LogP contribution is 2.01. The summed E-state index contributed by atoms with van der Waals surface area (Å²) < 4.78 is 0. The average molecular weight is 208 g/mol. The fourth-order valence-electron chi connectivity index (χ4n) is 0.859. The lowest BCUT2D eigenvalue weighted by Crippen LogP contribution is -2.37. The molecule has 3 N–H and O–H groups in total. The third-order valence-corrected chi connectivity index (χ3v) is 1.63. The van der Waals surface area contributed by atoms with Crippen LogP contribution in [0.25, 0.3) is 0 Å². The van der Waals surface area contributed by atoms with E-state index in [-0.39, 0.29) is 12.5 Å². The number of carbonyl (C=O) groups excluding carboxylic acids is 2. The molecule has 3 amide bonds. The third-order valence-electron chi connectivity index (χ3n) is 1.63. The van der Waals surface area contributed by atoms with Crippen molar-refractivity contribution in [2.24, 2.45) is 0 Å². The Morgan fingerprint density at radius 1 is 1.33 bits per heavy atom. The van der Waals surface area contributed by atoms with E-state index >= 15 is 0 Å². The fourth-order valence-corrected chi connectivity index (χ4v) is 0.859. The van der Waals surface area contributed by atoms with E-state index in [9.17, 15) is 9.59 Å². The highest BCUT2D eigenvalue weighted by atomic mass is 16.2. The van der Waals surface area contributed by atoms with E-state index in [1.54, 1.807) is 24.5 Å². The molecule has 0 fully saturated rings. The molecular formula is C9H12N4O2. The van der Waals surface area contributed by atoms with Gasteiger partial charge in [-0.05, 0) is 12.1 Å². The summed E-state index contributed by atoms with van der Waals surface area (Å²) >= 11 is 0. The Morgan fingerprint density at radius 2 is 2.00 bits per heavy atom. The molecule has 1 heterocycles. The molecule has 1 aromatic heterocycles. The van der Waals surface area contributed by atoms with Gasteiger partial charge in [0, 0.05) is 25.1 Å². The second-order valence-electron chi connectivity index (χ2n) is 2.72. The SMILES string of the molecule is CNC(=O)CNC(=O)Nc1ccncc1. The molecule has 0 unspecified atom stereocenters. The van der Waals surface area contributed by atoms with Crippen molar-refractivity contribution in [1.82, 2.24) is 15.6 Å². The standard InChI is InChI=1S/C9H12N4O2/c1-10-8(14)6-12-9(15)13-7-2-4-11-5-3-7/h2-5H,6H2,1H3,(H,10,14)(H2,11,12,13,15). The summed E-state index contributed by atoms with van der Waals surface area (Å²) in [4.78, 5) is 25.8. The molecule has 15 heavy (non-hydrogen) atoms. The Labute approximate surface area is 87.1 Å². The molecule has 0 radical (unpaired) electrons. The van der Waals surface area contributed by atoms with Gasteiger partial charge in [0.2, 0.25) is 5.91 Å². The van der Waals surface area contributed by atoms with Crippen LogP contribution in [0.5, 0.6) is 0 Å². The van der Waals surface area contributed by atoms with Crippen LogP contribution in [0.15, 0.2) is 24.5 Å². The Hall–Kier alpha value is -2.11. The van der Waals surface area contributed by atoms with Crippen molar-refractivity contribution >= 4 is 17.6 Å². The van der Waals surface area contributed by atoms with Gasteiger partial charge < -0.3 is 16.0 Å². The number of nitrogens with zero attached hydrogens (tertiary/aromatic N) is 1. The third kappa shape index (κ3) is 4.08. The van der Waals surface area contributed by atoms with Crippen LogP contribution in [0.1, 0.15) is 0 Å². The van der Waals surface area contributed by atoms with E-state index in [4.69, 9.17) is 0 Å². The smallest absolute Gasteiger partial charge is 0.319 e. The van der Waals surface area contributed by atoms with Crippen molar-refractivity contribution in [2.75, 3.05) is 18.9 Å². The molecule has 80 valence electrons. The van der Waals surface area contributed by atoms with E-state index < -0.39 is 6.03 Å². The Balaban J connectivity index is 2.34. The lowest BCUT2D eigenvalue weighted by molar-refractivity contribution is -0.119. The van der Waals surface area contributed by atoms with Crippen molar-refractivity contribution in [3.8, 4) is 0 Å². The molecule has 0 aromatic carbocycles. The van der Waals surface area contributed by atoms with Gasteiger partial charge in [-0.1, -0.05) is 0 Å². The number of rotatable bonds is 3. The van der Waals surface area contributed by atoms with Crippen molar-refractivity contribution in [2.45, 2.75) is 0 Å². The molecule has 6 nitrogen and oxygen atoms in total. The lowest BCUT2D eigenvalue weighted by Gasteiger charge is -2.06. The summed E-state index contributed by atoms with van der Waals surface area (Å²) in [5, 5.41) is 7.34. The fraction of sp³-hybridized carbons (Fsp3) is 0.222. The van der Waals surface area contributed by atoms with Gasteiger partial charge in [-0.15, -0.1) is 0 Å². The molecule has 1 rings (SSSR count). The summed E-state index contributed by atoms with van der Waals surface area (Å²) in [6.07, 6.45) is 3.13. The van der Waals surface area contributed by atoms with Gasteiger partial charge in [-0.2, -0.15) is 0 Å². The Kier molecular flexibility index (Phi) is 4.08. The van der Waals surface area contributed by atoms with Crippen LogP contribution in [0.4, 0.5) is 10.5 Å². The van der Waals surface area contributed by atoms with Gasteiger partial charge in [-0.25, -0.2) is 4.79 Å². The molecular weight excluding hydrogens is 196 g/mol. The van der Waals surface area contributed by atoms with E-state index in [1.807, 2.05) is 0 Å². The molecule has 0 atom stereocenters. The first-order valence-electron chi connectivity index (χ1n) is 4.38. The first-order chi connectivity index (χ1) is 7.22. The summed E-state index contributed by atoms with van der Waals surface area (Å²) in [6, 6.07) is 2.88. The Morgan fingerprint density at radius 3 is 2.60 bits per heavy atom. The summed E-state index contributed by atoms with van der Waals surface area (Å²) in [6.45, 7) is -0.0482.